The average molecular weight is 537 g/mol. The van der Waals surface area contributed by atoms with Gasteiger partial charge in [0, 0.05) is 44.7 Å². The summed E-state index contributed by atoms with van der Waals surface area (Å²) in [5.74, 6) is 0.207. The molecule has 0 saturated carbocycles. The molecule has 3 atom stereocenters. The van der Waals surface area contributed by atoms with Crippen LogP contribution in [0.4, 0.5) is 0 Å². The summed E-state index contributed by atoms with van der Waals surface area (Å²) in [5.41, 5.74) is 6.30. The number of hydrogen-bond acceptors (Lipinski definition) is 5. The monoisotopic (exact) mass is 536 g/mol. The second-order valence-corrected chi connectivity index (χ2v) is 12.6. The topological polar surface area (TPSA) is 67.7 Å². The zero-order valence-electron chi connectivity index (χ0n) is 23.0. The third kappa shape index (κ3) is 4.95. The molecule has 3 heterocycles. The lowest BCUT2D eigenvalue weighted by Gasteiger charge is -2.57. The number of aryl methyl sites for hydroxylation is 2. The van der Waals surface area contributed by atoms with Crippen LogP contribution in [0.5, 0.6) is 0 Å². The van der Waals surface area contributed by atoms with E-state index in [0.29, 0.717) is 31.3 Å². The Labute approximate surface area is 227 Å². The van der Waals surface area contributed by atoms with Crippen molar-refractivity contribution in [3.8, 4) is 11.1 Å². The predicted molar refractivity (Wildman–Crippen MR) is 151 cm³/mol. The molecule has 0 unspecified atom stereocenters. The van der Waals surface area contributed by atoms with Crippen LogP contribution in [0.25, 0.3) is 11.1 Å². The van der Waals surface area contributed by atoms with E-state index in [2.05, 4.69) is 66.3 Å². The van der Waals surface area contributed by atoms with Crippen LogP contribution in [0.15, 0.2) is 59.8 Å². The molecule has 2 aromatic carbocycles. The molecule has 0 aliphatic carbocycles. The quantitative estimate of drug-likeness (QED) is 0.412. The van der Waals surface area contributed by atoms with Crippen LogP contribution in [0, 0.1) is 13.8 Å². The molecular formula is C30H40N4O3S. The first-order valence-electron chi connectivity index (χ1n) is 13.8. The highest BCUT2D eigenvalue weighted by Crippen LogP contribution is 2.43. The molecule has 1 aromatic heterocycles. The van der Waals surface area contributed by atoms with Gasteiger partial charge in [-0.25, -0.2) is 8.42 Å². The van der Waals surface area contributed by atoms with Crippen molar-refractivity contribution in [3.63, 3.8) is 0 Å². The van der Waals surface area contributed by atoms with E-state index in [1.165, 1.54) is 27.8 Å². The van der Waals surface area contributed by atoms with Crippen molar-refractivity contribution in [1.82, 2.24) is 19.0 Å². The Balaban J connectivity index is 1.44. The van der Waals surface area contributed by atoms with Gasteiger partial charge in [0.05, 0.1) is 12.8 Å². The van der Waals surface area contributed by atoms with Crippen LogP contribution in [0.2, 0.25) is 0 Å². The molecule has 0 N–H and O–H groups in total. The first-order chi connectivity index (χ1) is 18.4. The minimum Gasteiger partial charge on any atom is -0.383 e. The first-order valence-corrected chi connectivity index (χ1v) is 15.2. The highest BCUT2D eigenvalue weighted by atomic mass is 32.2. The molecule has 2 fully saturated rings. The second-order valence-electron chi connectivity index (χ2n) is 10.7. The summed E-state index contributed by atoms with van der Waals surface area (Å²) in [5, 5.41) is 4.58. The van der Waals surface area contributed by atoms with Gasteiger partial charge in [0.15, 0.2) is 5.03 Å². The van der Waals surface area contributed by atoms with Crippen molar-refractivity contribution in [2.24, 2.45) is 0 Å². The number of aromatic nitrogens is 2. The lowest BCUT2D eigenvalue weighted by atomic mass is 9.74. The van der Waals surface area contributed by atoms with Crippen LogP contribution in [-0.4, -0.2) is 72.8 Å². The Morgan fingerprint density at radius 2 is 1.79 bits per heavy atom. The molecule has 3 aromatic rings. The number of methoxy groups -OCH3 is 1. The maximum absolute atomic E-state index is 13.8. The zero-order chi connectivity index (χ0) is 26.9. The van der Waals surface area contributed by atoms with E-state index < -0.39 is 10.0 Å². The Morgan fingerprint density at radius 1 is 1.03 bits per heavy atom. The number of fused-ring (bicyclic) bond motifs is 1. The Hall–Kier alpha value is -2.52. The summed E-state index contributed by atoms with van der Waals surface area (Å²) in [4.78, 5) is 2.47. The van der Waals surface area contributed by atoms with Crippen LogP contribution >= 0.6 is 0 Å². The van der Waals surface area contributed by atoms with Gasteiger partial charge in [0.1, 0.15) is 0 Å². The predicted octanol–water partition coefficient (Wildman–Crippen LogP) is 4.84. The third-order valence-corrected chi connectivity index (χ3v) is 10.3. The minimum atomic E-state index is -3.64. The first kappa shape index (κ1) is 27.1. The summed E-state index contributed by atoms with van der Waals surface area (Å²) in [6, 6.07) is 17.3. The van der Waals surface area contributed by atoms with Crippen LogP contribution in [-0.2, 0) is 21.3 Å². The highest BCUT2D eigenvalue weighted by Gasteiger charge is 2.50. The molecule has 8 heteroatoms. The van der Waals surface area contributed by atoms with E-state index in [1.54, 1.807) is 28.4 Å². The lowest BCUT2D eigenvalue weighted by molar-refractivity contribution is -0.0635. The van der Waals surface area contributed by atoms with E-state index in [-0.39, 0.29) is 18.0 Å². The molecule has 38 heavy (non-hydrogen) atoms. The van der Waals surface area contributed by atoms with Crippen LogP contribution < -0.4 is 0 Å². The largest absolute Gasteiger partial charge is 0.383 e. The molecule has 2 aliphatic rings. The van der Waals surface area contributed by atoms with E-state index in [9.17, 15) is 8.42 Å². The SMILES string of the molecule is CCCn1nccc1S(=O)(=O)N1CCCCN2[C@H](COC)[C@@H](c3ccc(-c4cccc(C)c4C)cc3)[C@@H]2C1. The Kier molecular flexibility index (Phi) is 8.05. The van der Waals surface area contributed by atoms with Gasteiger partial charge in [-0.1, -0.05) is 49.4 Å². The number of sulfonamides is 1. The van der Waals surface area contributed by atoms with Gasteiger partial charge in [-0.15, -0.1) is 0 Å². The maximum atomic E-state index is 13.8. The molecular weight excluding hydrogens is 496 g/mol. The smallest absolute Gasteiger partial charge is 0.260 e. The van der Waals surface area contributed by atoms with E-state index in [1.807, 2.05) is 6.92 Å². The van der Waals surface area contributed by atoms with Crippen LogP contribution in [0.3, 0.4) is 0 Å². The standard InChI is InChI=1S/C30H40N4O3S/c1-5-17-34-29(15-16-31-34)38(35,36)32-18-6-7-19-33-27(20-32)30(28(33)21-37-4)25-13-11-24(12-14-25)26-10-8-9-22(2)23(26)3/h8-16,27-28,30H,5-7,17-21H2,1-4H3/t27-,28+,30-/m0/s1. The summed E-state index contributed by atoms with van der Waals surface area (Å²) < 4.78 is 36.6. The molecule has 2 saturated heterocycles. The number of rotatable bonds is 8. The van der Waals surface area contributed by atoms with Gasteiger partial charge < -0.3 is 4.74 Å². The molecule has 5 rings (SSSR count). The third-order valence-electron chi connectivity index (χ3n) is 8.41. The number of benzene rings is 2. The minimum absolute atomic E-state index is 0.110. The normalized spacial score (nSPS) is 22.9. The second kappa shape index (κ2) is 11.3. The van der Waals surface area contributed by atoms with Crippen molar-refractivity contribution < 1.29 is 13.2 Å². The summed E-state index contributed by atoms with van der Waals surface area (Å²) >= 11 is 0. The molecule has 0 radical (unpaired) electrons. The zero-order valence-corrected chi connectivity index (χ0v) is 23.8. The van der Waals surface area contributed by atoms with Crippen LogP contribution in [0.1, 0.15) is 48.8 Å². The fraction of sp³-hybridized carbons (Fsp3) is 0.500. The number of nitrogens with zero attached hydrogens (tertiary/aromatic N) is 4. The van der Waals surface area contributed by atoms with E-state index in [0.717, 1.165) is 25.8 Å². The summed E-state index contributed by atoms with van der Waals surface area (Å²) in [7, 11) is -1.89. The van der Waals surface area contributed by atoms with Gasteiger partial charge in [0.25, 0.3) is 10.0 Å². The van der Waals surface area contributed by atoms with E-state index in [4.69, 9.17) is 4.74 Å². The van der Waals surface area contributed by atoms with Gasteiger partial charge in [-0.2, -0.15) is 9.40 Å². The fourth-order valence-electron chi connectivity index (χ4n) is 6.28. The molecule has 2 aliphatic heterocycles. The number of ether oxygens (including phenoxy) is 1. The highest BCUT2D eigenvalue weighted by molar-refractivity contribution is 7.89. The van der Waals surface area contributed by atoms with Gasteiger partial charge in [-0.05, 0) is 73.5 Å². The Bertz CT molecular complexity index is 1350. The van der Waals surface area contributed by atoms with Gasteiger partial charge in [0.2, 0.25) is 0 Å². The molecule has 0 amide bonds. The van der Waals surface area contributed by atoms with Crippen molar-refractivity contribution in [2.45, 2.75) is 69.6 Å². The summed E-state index contributed by atoms with van der Waals surface area (Å²) in [6.45, 7) is 9.57. The van der Waals surface area contributed by atoms with Crippen molar-refractivity contribution in [2.75, 3.05) is 33.4 Å². The van der Waals surface area contributed by atoms with Crippen molar-refractivity contribution in [1.29, 1.82) is 0 Å². The number of hydrogen-bond donors (Lipinski definition) is 0. The van der Waals surface area contributed by atoms with E-state index >= 15 is 0 Å². The lowest BCUT2D eigenvalue weighted by Crippen LogP contribution is -2.68. The fourth-order valence-corrected chi connectivity index (χ4v) is 7.90. The van der Waals surface area contributed by atoms with Crippen molar-refractivity contribution >= 4 is 10.0 Å². The maximum Gasteiger partial charge on any atom is 0.260 e. The average Bonchev–Trinajstić information content (AvgIpc) is 3.36. The molecule has 0 spiro atoms. The molecule has 7 nitrogen and oxygen atoms in total. The summed E-state index contributed by atoms with van der Waals surface area (Å²) in [6.07, 6.45) is 4.24. The van der Waals surface area contributed by atoms with Crippen molar-refractivity contribution in [3.05, 3.63) is 71.4 Å². The van der Waals surface area contributed by atoms with Gasteiger partial charge >= 0.3 is 0 Å². The molecule has 204 valence electrons. The molecule has 0 bridgehead atoms. The Morgan fingerprint density at radius 3 is 2.53 bits per heavy atom. The van der Waals surface area contributed by atoms with Gasteiger partial charge in [-0.3, -0.25) is 9.58 Å².